The lowest BCUT2D eigenvalue weighted by atomic mass is 9.74. The number of aliphatic hydroxyl groups excluding tert-OH is 2. The Balaban J connectivity index is 1.70. The molecule has 12 heteroatoms. The quantitative estimate of drug-likeness (QED) is 0.0922. The van der Waals surface area contributed by atoms with E-state index in [0.717, 1.165) is 50.5 Å². The number of carbonyl (C=O) groups is 3. The number of aliphatic hydroxyl groups is 3. The first-order valence-electron chi connectivity index (χ1n) is 19.3. The molecule has 0 aromatic rings. The van der Waals surface area contributed by atoms with Crippen LogP contribution in [-0.2, 0) is 42.8 Å². The Morgan fingerprint density at radius 3 is 2.42 bits per heavy atom. The van der Waals surface area contributed by atoms with Crippen LogP contribution in [0.1, 0.15) is 124 Å². The zero-order valence-electron chi connectivity index (χ0n) is 31.6. The Morgan fingerprint density at radius 2 is 1.71 bits per heavy atom. The maximum atomic E-state index is 13.3. The minimum atomic E-state index is -2.22. The number of esters is 3. The summed E-state index contributed by atoms with van der Waals surface area (Å²) >= 11 is 0. The SMILES string of the molecule is C=C1C[C@H]2C[C@H]3CCC[C@@H](C[C@@H](O)CC(=O)O[C@@H](CO)C[C@@H]4C/C(=C\C(=O)OC)[C@H](OC(=O)CCCCCCC)[C@@](O)(O4)C(C)(C)/C=C\[C@@H](C1)O2)O3. The van der Waals surface area contributed by atoms with Crippen molar-refractivity contribution in [3.63, 3.8) is 0 Å². The van der Waals surface area contributed by atoms with Gasteiger partial charge in [-0.1, -0.05) is 70.8 Å². The minimum absolute atomic E-state index is 0.00967. The van der Waals surface area contributed by atoms with Crippen molar-refractivity contribution in [3.8, 4) is 0 Å². The molecule has 0 saturated carbocycles. The Kier molecular flexibility index (Phi) is 15.9. The zero-order valence-corrected chi connectivity index (χ0v) is 31.6. The summed E-state index contributed by atoms with van der Waals surface area (Å²) in [7, 11) is 1.23. The van der Waals surface area contributed by atoms with Gasteiger partial charge in [0, 0.05) is 37.2 Å². The highest BCUT2D eigenvalue weighted by molar-refractivity contribution is 5.83. The van der Waals surface area contributed by atoms with E-state index in [4.69, 9.17) is 28.4 Å². The van der Waals surface area contributed by atoms with Crippen LogP contribution in [-0.4, -0.2) is 102 Å². The van der Waals surface area contributed by atoms with Crippen molar-refractivity contribution < 1.29 is 58.1 Å². The molecule has 52 heavy (non-hydrogen) atoms. The predicted molar refractivity (Wildman–Crippen MR) is 192 cm³/mol. The molecule has 3 fully saturated rings. The van der Waals surface area contributed by atoms with Gasteiger partial charge in [-0.3, -0.25) is 9.59 Å². The van der Waals surface area contributed by atoms with Gasteiger partial charge in [0.1, 0.15) is 6.10 Å². The lowest BCUT2D eigenvalue weighted by Crippen LogP contribution is -2.62. The molecule has 4 aliphatic heterocycles. The van der Waals surface area contributed by atoms with Crippen LogP contribution in [0.5, 0.6) is 0 Å². The predicted octanol–water partition coefficient (Wildman–Crippen LogP) is 5.30. The number of cyclic esters (lactones) is 1. The van der Waals surface area contributed by atoms with Gasteiger partial charge in [-0.25, -0.2) is 4.79 Å². The average molecular weight is 735 g/mol. The molecule has 3 N–H and O–H groups in total. The van der Waals surface area contributed by atoms with E-state index in [2.05, 4.69) is 13.5 Å². The van der Waals surface area contributed by atoms with Crippen LogP contribution in [0.4, 0.5) is 0 Å². The second-order valence-electron chi connectivity index (χ2n) is 15.6. The maximum Gasteiger partial charge on any atom is 0.330 e. The lowest BCUT2D eigenvalue weighted by molar-refractivity contribution is -0.327. The van der Waals surface area contributed by atoms with Crippen LogP contribution >= 0.6 is 0 Å². The summed E-state index contributed by atoms with van der Waals surface area (Å²) in [6.45, 7) is 9.33. The van der Waals surface area contributed by atoms with Gasteiger partial charge in [0.25, 0.3) is 0 Å². The van der Waals surface area contributed by atoms with E-state index >= 15 is 0 Å². The van der Waals surface area contributed by atoms with Crippen LogP contribution in [0.3, 0.4) is 0 Å². The second-order valence-corrected chi connectivity index (χ2v) is 15.6. The van der Waals surface area contributed by atoms with Crippen LogP contribution < -0.4 is 0 Å². The summed E-state index contributed by atoms with van der Waals surface area (Å²) in [6.07, 6.45) is 8.88. The maximum absolute atomic E-state index is 13.3. The standard InChI is InChI=1S/C40H62O12/c1-6-7-8-9-10-14-35(43)51-38-27(20-36(44)47-5)19-33-24-34(25-41)50-37(45)22-28(42)21-29-12-11-13-30(48-29)23-32-18-26(2)17-31(49-32)15-16-39(3,4)40(38,46)52-33/h15-16,20,28-34,38,41-42,46H,2,6-14,17-19,21-25H2,1,3-5H3/b16-15-,27-20+/t28-,29+,30-,31+,32+,33+,34-,38+,40-/m1/s1. The van der Waals surface area contributed by atoms with E-state index in [1.165, 1.54) is 13.2 Å². The number of carbonyl (C=O) groups excluding carboxylic acids is 3. The Bertz CT molecular complexity index is 1270. The smallest absolute Gasteiger partial charge is 0.330 e. The minimum Gasteiger partial charge on any atom is -0.466 e. The molecule has 6 bridgehead atoms. The first-order chi connectivity index (χ1) is 24.7. The fourth-order valence-corrected chi connectivity index (χ4v) is 7.80. The molecular formula is C40H62O12. The van der Waals surface area contributed by atoms with E-state index in [9.17, 15) is 29.7 Å². The third-order valence-corrected chi connectivity index (χ3v) is 10.7. The highest BCUT2D eigenvalue weighted by Crippen LogP contribution is 2.47. The van der Waals surface area contributed by atoms with Crippen LogP contribution in [0.15, 0.2) is 36.0 Å². The van der Waals surface area contributed by atoms with Gasteiger partial charge >= 0.3 is 17.9 Å². The monoisotopic (exact) mass is 734 g/mol. The van der Waals surface area contributed by atoms with Gasteiger partial charge in [0.15, 0.2) is 6.10 Å². The topological polar surface area (TPSA) is 167 Å². The summed E-state index contributed by atoms with van der Waals surface area (Å²) in [6, 6.07) is 0. The van der Waals surface area contributed by atoms with Crippen LogP contribution in [0.2, 0.25) is 0 Å². The van der Waals surface area contributed by atoms with E-state index in [1.54, 1.807) is 19.9 Å². The van der Waals surface area contributed by atoms with Gasteiger partial charge in [0.2, 0.25) is 5.79 Å². The number of unbranched alkanes of at least 4 members (excludes halogenated alkanes) is 4. The number of ether oxygens (including phenoxy) is 6. The van der Waals surface area contributed by atoms with E-state index in [0.29, 0.717) is 25.7 Å². The van der Waals surface area contributed by atoms with Crippen LogP contribution in [0, 0.1) is 5.41 Å². The molecule has 4 aliphatic rings. The van der Waals surface area contributed by atoms with E-state index in [-0.39, 0.29) is 62.1 Å². The molecule has 0 radical (unpaired) electrons. The molecule has 12 nitrogen and oxygen atoms in total. The summed E-state index contributed by atoms with van der Waals surface area (Å²) in [5, 5.41) is 33.8. The van der Waals surface area contributed by atoms with Gasteiger partial charge < -0.3 is 43.7 Å². The van der Waals surface area contributed by atoms with Crippen molar-refractivity contribution in [2.45, 2.75) is 178 Å². The third-order valence-electron chi connectivity index (χ3n) is 10.7. The Hall–Kier alpha value is -2.61. The fourth-order valence-electron chi connectivity index (χ4n) is 7.80. The summed E-state index contributed by atoms with van der Waals surface area (Å²) < 4.78 is 35.9. The summed E-state index contributed by atoms with van der Waals surface area (Å²) in [4.78, 5) is 39.0. The van der Waals surface area contributed by atoms with E-state index in [1.807, 2.05) is 6.08 Å². The van der Waals surface area contributed by atoms with Crippen molar-refractivity contribution in [2.75, 3.05) is 13.7 Å². The molecule has 4 rings (SSSR count). The lowest BCUT2D eigenvalue weighted by Gasteiger charge is -2.51. The highest BCUT2D eigenvalue weighted by Gasteiger charge is 2.57. The summed E-state index contributed by atoms with van der Waals surface area (Å²) in [5.74, 6) is -4.16. The van der Waals surface area contributed by atoms with Crippen molar-refractivity contribution in [1.82, 2.24) is 0 Å². The van der Waals surface area contributed by atoms with Gasteiger partial charge in [-0.2, -0.15) is 0 Å². The molecule has 294 valence electrons. The number of methoxy groups -OCH3 is 1. The molecule has 4 heterocycles. The molecule has 9 atom stereocenters. The molecule has 0 spiro atoms. The zero-order chi connectivity index (χ0) is 37.9. The Labute approximate surface area is 308 Å². The number of rotatable bonds is 9. The van der Waals surface area contributed by atoms with Crippen LogP contribution in [0.25, 0.3) is 0 Å². The van der Waals surface area contributed by atoms with Gasteiger partial charge in [0.05, 0.1) is 56.8 Å². The molecule has 3 saturated heterocycles. The van der Waals surface area contributed by atoms with Crippen molar-refractivity contribution >= 4 is 17.9 Å². The average Bonchev–Trinajstić information content (AvgIpc) is 3.07. The highest BCUT2D eigenvalue weighted by atomic mass is 16.7. The van der Waals surface area contributed by atoms with Crippen molar-refractivity contribution in [3.05, 3.63) is 36.0 Å². The third kappa shape index (κ3) is 11.9. The molecular weight excluding hydrogens is 672 g/mol. The molecule has 0 amide bonds. The number of hydrogen-bond acceptors (Lipinski definition) is 12. The van der Waals surface area contributed by atoms with Crippen molar-refractivity contribution in [2.24, 2.45) is 5.41 Å². The fraction of sp³-hybridized carbons (Fsp3) is 0.775. The first kappa shape index (κ1) is 42.1. The largest absolute Gasteiger partial charge is 0.466 e. The van der Waals surface area contributed by atoms with Crippen molar-refractivity contribution in [1.29, 1.82) is 0 Å². The number of fused-ring (bicyclic) bond motifs is 6. The first-order valence-corrected chi connectivity index (χ1v) is 19.3. The molecule has 0 aromatic heterocycles. The summed E-state index contributed by atoms with van der Waals surface area (Å²) in [5.41, 5.74) is 0.0467. The Morgan fingerprint density at radius 1 is 0.981 bits per heavy atom. The normalized spacial score (nSPS) is 35.9. The van der Waals surface area contributed by atoms with Gasteiger partial charge in [-0.15, -0.1) is 0 Å². The molecule has 0 aliphatic carbocycles. The second kappa shape index (κ2) is 19.6. The number of hydrogen-bond donors (Lipinski definition) is 3. The van der Waals surface area contributed by atoms with Gasteiger partial charge in [-0.05, 0) is 50.5 Å². The van der Waals surface area contributed by atoms with E-state index < -0.39 is 60.1 Å². The molecule has 0 unspecified atom stereocenters. The molecule has 0 aromatic carbocycles.